The summed E-state index contributed by atoms with van der Waals surface area (Å²) in [6, 6.07) is 38.0. The summed E-state index contributed by atoms with van der Waals surface area (Å²) in [5.41, 5.74) is 4.83. The van der Waals surface area contributed by atoms with E-state index in [0.29, 0.717) is 36.5 Å². The molecule has 1 unspecified atom stereocenters. The van der Waals surface area contributed by atoms with Gasteiger partial charge in [-0.25, -0.2) is 9.59 Å². The highest BCUT2D eigenvalue weighted by Gasteiger charge is 2.35. The third-order valence-corrected chi connectivity index (χ3v) is 10.4. The number of unbranched alkanes of at least 4 members (excludes halogenated alkanes) is 1. The average Bonchev–Trinajstić information content (AvgIpc) is 3.27. The minimum absolute atomic E-state index is 0.00192. The average molecular weight is 857 g/mol. The van der Waals surface area contributed by atoms with Crippen molar-refractivity contribution in [3.8, 4) is 22.6 Å². The number of rotatable bonds is 21. The van der Waals surface area contributed by atoms with Gasteiger partial charge in [-0.15, -0.1) is 0 Å². The lowest BCUT2D eigenvalue weighted by molar-refractivity contribution is -0.156. The fourth-order valence-corrected chi connectivity index (χ4v) is 6.93. The first-order valence-electron chi connectivity index (χ1n) is 21.5. The Hall–Kier alpha value is -6.62. The monoisotopic (exact) mass is 856 g/mol. The van der Waals surface area contributed by atoms with E-state index in [2.05, 4.69) is 5.32 Å². The number of hydrogen-bond acceptors (Lipinski definition) is 8. The second-order valence-corrected chi connectivity index (χ2v) is 16.7. The van der Waals surface area contributed by atoms with Gasteiger partial charge in [0.15, 0.2) is 0 Å². The van der Waals surface area contributed by atoms with Crippen molar-refractivity contribution >= 4 is 23.9 Å². The lowest BCUT2D eigenvalue weighted by Gasteiger charge is -2.31. The number of hydrogen-bond donors (Lipinski definition) is 2. The van der Waals surface area contributed by atoms with E-state index >= 15 is 0 Å². The Bertz CT molecular complexity index is 2260. The normalized spacial score (nSPS) is 12.6. The Kier molecular flexibility index (Phi) is 17.3. The highest BCUT2D eigenvalue weighted by Crippen LogP contribution is 2.34. The summed E-state index contributed by atoms with van der Waals surface area (Å²) in [4.78, 5) is 55.2. The largest absolute Gasteiger partial charge is 0.489 e. The summed E-state index contributed by atoms with van der Waals surface area (Å²) >= 11 is 0. The van der Waals surface area contributed by atoms with Gasteiger partial charge in [-0.3, -0.25) is 9.59 Å². The van der Waals surface area contributed by atoms with Gasteiger partial charge in [-0.05, 0) is 96.8 Å². The summed E-state index contributed by atoms with van der Waals surface area (Å²) in [6.07, 6.45) is 1.26. The summed E-state index contributed by atoms with van der Waals surface area (Å²) in [5.74, 6) is -1.62. The zero-order chi connectivity index (χ0) is 45.4. The maximum Gasteiger partial charge on any atom is 0.408 e. The molecule has 11 heteroatoms. The van der Waals surface area contributed by atoms with Crippen LogP contribution in [0.2, 0.25) is 0 Å². The second-order valence-electron chi connectivity index (χ2n) is 16.7. The summed E-state index contributed by atoms with van der Waals surface area (Å²) in [6.45, 7) is 9.44. The molecule has 2 amide bonds. The Morgan fingerprint density at radius 2 is 1.16 bits per heavy atom. The number of nitrogens with one attached hydrogen (secondary N) is 1. The van der Waals surface area contributed by atoms with Crippen LogP contribution in [0.3, 0.4) is 0 Å². The van der Waals surface area contributed by atoms with Crippen molar-refractivity contribution in [2.24, 2.45) is 5.92 Å². The van der Waals surface area contributed by atoms with E-state index < -0.39 is 47.5 Å². The molecule has 5 rings (SSSR count). The molecular weight excluding hydrogens is 797 g/mol. The standard InChI is InChI=1S/C52H60N2O9/c1-7-8-24-44(53-51(59)63-52(3,4)5)48(55)54(6)45(50(58)62-35-39-22-16-11-17-23-39)32-43-31-41(26-28-47(43)61-34-38-20-14-10-15-21-38)40-25-27-46(42(30-40)29-36(2)49(56)57)60-33-37-18-12-9-13-19-37/h9-23,25-28,30-31,36,44-45H,7-8,24,29,32-35H2,1-6H3,(H,53,59)(H,56,57)/t36-,44?,45-/m0/s1. The number of amides is 2. The Balaban J connectivity index is 1.55. The number of carbonyl (C=O) groups is 4. The number of nitrogens with zero attached hydrogens (tertiary/aromatic N) is 1. The first-order chi connectivity index (χ1) is 30.2. The van der Waals surface area contributed by atoms with E-state index in [0.717, 1.165) is 39.8 Å². The molecule has 0 aliphatic heterocycles. The van der Waals surface area contributed by atoms with Crippen LogP contribution in [0.4, 0.5) is 4.79 Å². The second kappa shape index (κ2) is 23.0. The number of esters is 1. The fraction of sp³-hybridized carbons (Fsp3) is 0.346. The van der Waals surface area contributed by atoms with Crippen LogP contribution in [0, 0.1) is 5.92 Å². The van der Waals surface area contributed by atoms with Crippen LogP contribution in [0.15, 0.2) is 127 Å². The highest BCUT2D eigenvalue weighted by atomic mass is 16.6. The van der Waals surface area contributed by atoms with Crippen molar-refractivity contribution in [3.05, 3.63) is 155 Å². The van der Waals surface area contributed by atoms with E-state index in [9.17, 15) is 24.3 Å². The third-order valence-electron chi connectivity index (χ3n) is 10.4. The lowest BCUT2D eigenvalue weighted by atomic mass is 9.94. The van der Waals surface area contributed by atoms with Crippen molar-refractivity contribution in [2.75, 3.05) is 7.05 Å². The molecule has 0 aromatic heterocycles. The number of benzene rings is 5. The van der Waals surface area contributed by atoms with Crippen molar-refractivity contribution in [3.63, 3.8) is 0 Å². The van der Waals surface area contributed by atoms with E-state index in [1.807, 2.05) is 134 Å². The minimum atomic E-state index is -1.14. The fourth-order valence-electron chi connectivity index (χ4n) is 6.93. The first-order valence-corrected chi connectivity index (χ1v) is 21.5. The number of carbonyl (C=O) groups excluding carboxylic acids is 3. The first kappa shape index (κ1) is 47.4. The Labute approximate surface area is 371 Å². The molecule has 2 N–H and O–H groups in total. The van der Waals surface area contributed by atoms with E-state index in [-0.39, 0.29) is 26.1 Å². The number of ether oxygens (including phenoxy) is 4. The number of likely N-dealkylation sites (N-methyl/N-ethyl adjacent to an activating group) is 1. The summed E-state index contributed by atoms with van der Waals surface area (Å²) < 4.78 is 24.1. The van der Waals surface area contributed by atoms with Crippen molar-refractivity contribution in [2.45, 2.75) is 104 Å². The molecule has 332 valence electrons. The molecule has 5 aromatic rings. The topological polar surface area (TPSA) is 141 Å². The van der Waals surface area contributed by atoms with Crippen LogP contribution in [-0.2, 0) is 56.5 Å². The molecule has 0 saturated heterocycles. The van der Waals surface area contributed by atoms with Crippen LogP contribution in [0.1, 0.15) is 81.7 Å². The molecule has 0 bridgehead atoms. The molecule has 0 radical (unpaired) electrons. The smallest absolute Gasteiger partial charge is 0.408 e. The van der Waals surface area contributed by atoms with Gasteiger partial charge < -0.3 is 34.3 Å². The van der Waals surface area contributed by atoms with Gasteiger partial charge in [-0.2, -0.15) is 0 Å². The van der Waals surface area contributed by atoms with Crippen LogP contribution in [0.5, 0.6) is 11.5 Å². The number of carboxylic acids is 1. The van der Waals surface area contributed by atoms with E-state index in [4.69, 9.17) is 18.9 Å². The van der Waals surface area contributed by atoms with E-state index in [1.165, 1.54) is 4.90 Å². The van der Waals surface area contributed by atoms with Crippen LogP contribution in [0.25, 0.3) is 11.1 Å². The quantitative estimate of drug-likeness (QED) is 0.0690. The van der Waals surface area contributed by atoms with Gasteiger partial charge in [0, 0.05) is 13.5 Å². The SMILES string of the molecule is CCCCC(NC(=O)OC(C)(C)C)C(=O)N(C)[C@@H](Cc1cc(-c2ccc(OCc3ccccc3)c(C[C@H](C)C(=O)O)c2)ccc1OCc1ccccc1)C(=O)OCc1ccccc1. The van der Waals surface area contributed by atoms with Gasteiger partial charge in [-0.1, -0.05) is 130 Å². The van der Waals surface area contributed by atoms with E-state index in [1.54, 1.807) is 34.7 Å². The van der Waals surface area contributed by atoms with Crippen LogP contribution >= 0.6 is 0 Å². The van der Waals surface area contributed by atoms with Crippen molar-refractivity contribution in [1.82, 2.24) is 10.2 Å². The minimum Gasteiger partial charge on any atom is -0.489 e. The molecule has 0 heterocycles. The van der Waals surface area contributed by atoms with Crippen molar-refractivity contribution in [1.29, 1.82) is 0 Å². The molecule has 0 aliphatic carbocycles. The molecule has 0 saturated carbocycles. The summed E-state index contributed by atoms with van der Waals surface area (Å²) in [5, 5.41) is 12.6. The van der Waals surface area contributed by atoms with Crippen molar-refractivity contribution < 1.29 is 43.2 Å². The highest BCUT2D eigenvalue weighted by molar-refractivity contribution is 5.90. The molecule has 5 aromatic carbocycles. The predicted octanol–water partition coefficient (Wildman–Crippen LogP) is 9.97. The number of alkyl carbamates (subject to hydrolysis) is 1. The van der Waals surface area contributed by atoms with Crippen LogP contribution in [-0.4, -0.2) is 58.7 Å². The Morgan fingerprint density at radius 1 is 0.683 bits per heavy atom. The van der Waals surface area contributed by atoms with Gasteiger partial charge in [0.05, 0.1) is 5.92 Å². The molecule has 3 atom stereocenters. The van der Waals surface area contributed by atoms with Gasteiger partial charge in [0.1, 0.15) is 49.0 Å². The maximum absolute atomic E-state index is 14.5. The van der Waals surface area contributed by atoms with Gasteiger partial charge >= 0.3 is 18.0 Å². The zero-order valence-corrected chi connectivity index (χ0v) is 37.2. The molecule has 63 heavy (non-hydrogen) atoms. The van der Waals surface area contributed by atoms with Gasteiger partial charge in [0.2, 0.25) is 5.91 Å². The molecule has 0 fully saturated rings. The predicted molar refractivity (Wildman–Crippen MR) is 243 cm³/mol. The van der Waals surface area contributed by atoms with Gasteiger partial charge in [0.25, 0.3) is 0 Å². The lowest BCUT2D eigenvalue weighted by Crippen LogP contribution is -2.53. The van der Waals surface area contributed by atoms with Crippen LogP contribution < -0.4 is 14.8 Å². The molecular formula is C52H60N2O9. The third kappa shape index (κ3) is 14.8. The molecule has 11 nitrogen and oxygen atoms in total. The number of carboxylic acid groups (broad SMARTS) is 1. The molecule has 0 spiro atoms. The summed E-state index contributed by atoms with van der Waals surface area (Å²) in [7, 11) is 1.55. The zero-order valence-electron chi connectivity index (χ0n) is 37.2. The number of aliphatic carboxylic acids is 1. The Morgan fingerprint density at radius 3 is 1.62 bits per heavy atom. The molecule has 0 aliphatic rings. The maximum atomic E-state index is 14.5.